The number of carbonyl (C=O) groups excluding carboxylic acids is 1. The van der Waals surface area contributed by atoms with Crippen LogP contribution in [-0.4, -0.2) is 5.78 Å². The van der Waals surface area contributed by atoms with Crippen LogP contribution in [0.1, 0.15) is 50.7 Å². The monoisotopic (exact) mass is 432 g/mol. The van der Waals surface area contributed by atoms with Crippen molar-refractivity contribution in [2.45, 2.75) is 46.1 Å². The van der Waals surface area contributed by atoms with Crippen LogP contribution >= 0.6 is 11.6 Å². The van der Waals surface area contributed by atoms with Gasteiger partial charge in [0.15, 0.2) is 5.78 Å². The Morgan fingerprint density at radius 1 is 1.13 bits per heavy atom. The van der Waals surface area contributed by atoms with Gasteiger partial charge in [0.1, 0.15) is 12.4 Å². The molecule has 31 heavy (non-hydrogen) atoms. The number of ether oxygens (including phenoxy) is 1. The fourth-order valence-corrected chi connectivity index (χ4v) is 4.55. The summed E-state index contributed by atoms with van der Waals surface area (Å²) >= 11 is 5.93. The molecular formula is C26H25ClN2O2. The smallest absolute Gasteiger partial charge is 0.162 e. The Kier molecular flexibility index (Phi) is 5.64. The summed E-state index contributed by atoms with van der Waals surface area (Å²) in [5.41, 5.74) is 4.97. The fourth-order valence-electron chi connectivity index (χ4n) is 4.42. The molecule has 0 fully saturated rings. The van der Waals surface area contributed by atoms with Crippen molar-refractivity contribution in [2.24, 2.45) is 5.41 Å². The number of hydrogen-bond acceptors (Lipinski definition) is 4. The number of carbonyl (C=O) groups is 1. The summed E-state index contributed by atoms with van der Waals surface area (Å²) in [4.78, 5) is 13.1. The first-order valence-corrected chi connectivity index (χ1v) is 10.8. The minimum Gasteiger partial charge on any atom is -0.489 e. The lowest BCUT2D eigenvalue weighted by molar-refractivity contribution is -0.118. The second kappa shape index (κ2) is 8.24. The van der Waals surface area contributed by atoms with Crippen molar-refractivity contribution in [2.75, 3.05) is 0 Å². The maximum Gasteiger partial charge on any atom is 0.162 e. The molecule has 1 aliphatic carbocycles. The van der Waals surface area contributed by atoms with Crippen LogP contribution in [0.2, 0.25) is 5.02 Å². The number of halogens is 1. The van der Waals surface area contributed by atoms with E-state index in [1.54, 1.807) is 0 Å². The fraction of sp³-hybridized carbons (Fsp3) is 0.308. The van der Waals surface area contributed by atoms with Crippen molar-refractivity contribution >= 4 is 17.4 Å². The van der Waals surface area contributed by atoms with Gasteiger partial charge in [-0.15, -0.1) is 0 Å². The molecular weight excluding hydrogens is 408 g/mol. The summed E-state index contributed by atoms with van der Waals surface area (Å²) in [6.45, 7) is 6.56. The van der Waals surface area contributed by atoms with E-state index in [0.717, 1.165) is 40.3 Å². The van der Waals surface area contributed by atoms with E-state index in [4.69, 9.17) is 16.3 Å². The first-order valence-electron chi connectivity index (χ1n) is 10.4. The predicted molar refractivity (Wildman–Crippen MR) is 121 cm³/mol. The highest BCUT2D eigenvalue weighted by Gasteiger charge is 2.41. The molecule has 1 aliphatic heterocycles. The van der Waals surface area contributed by atoms with Gasteiger partial charge in [0.05, 0.1) is 17.6 Å². The number of Topliss-reactive ketones (excluding diaryl/α,β-unsaturated/α-hetero) is 1. The van der Waals surface area contributed by atoms with Gasteiger partial charge in [0.25, 0.3) is 0 Å². The van der Waals surface area contributed by atoms with E-state index in [-0.39, 0.29) is 17.1 Å². The number of hydrogen-bond donors (Lipinski definition) is 1. The van der Waals surface area contributed by atoms with Gasteiger partial charge in [-0.2, -0.15) is 5.26 Å². The molecule has 1 N–H and O–H groups in total. The Labute approximate surface area is 188 Å². The number of rotatable bonds is 4. The van der Waals surface area contributed by atoms with Crippen molar-refractivity contribution in [3.05, 3.63) is 87.2 Å². The molecule has 5 heteroatoms. The molecule has 0 bridgehead atoms. The highest BCUT2D eigenvalue weighted by Crippen LogP contribution is 2.46. The molecule has 0 aromatic heterocycles. The van der Waals surface area contributed by atoms with E-state index < -0.39 is 0 Å². The van der Waals surface area contributed by atoms with Gasteiger partial charge < -0.3 is 10.1 Å². The van der Waals surface area contributed by atoms with E-state index >= 15 is 0 Å². The third-order valence-electron chi connectivity index (χ3n) is 5.89. The molecule has 4 rings (SSSR count). The van der Waals surface area contributed by atoms with Gasteiger partial charge in [-0.1, -0.05) is 49.7 Å². The van der Waals surface area contributed by atoms with E-state index in [0.29, 0.717) is 23.6 Å². The number of benzene rings is 2. The molecule has 2 aromatic carbocycles. The van der Waals surface area contributed by atoms with Crippen LogP contribution in [0.25, 0.3) is 0 Å². The average molecular weight is 433 g/mol. The van der Waals surface area contributed by atoms with Crippen LogP contribution in [0.15, 0.2) is 71.1 Å². The zero-order valence-electron chi connectivity index (χ0n) is 18.0. The van der Waals surface area contributed by atoms with Crippen molar-refractivity contribution in [3.63, 3.8) is 0 Å². The quantitative estimate of drug-likeness (QED) is 0.639. The van der Waals surface area contributed by atoms with Crippen molar-refractivity contribution in [1.82, 2.24) is 5.32 Å². The zero-order valence-corrected chi connectivity index (χ0v) is 18.7. The lowest BCUT2D eigenvalue weighted by atomic mass is 9.69. The molecule has 2 aromatic rings. The number of ketones is 1. The Hall–Kier alpha value is -3.03. The SMILES string of the molecule is CC1=C(C#N)C(c2ccc(OCc3ccc(Cl)cc3)cc2)C2=C(CC(C)(C)CC2=O)N1. The van der Waals surface area contributed by atoms with Gasteiger partial charge in [0.2, 0.25) is 0 Å². The highest BCUT2D eigenvalue weighted by atomic mass is 35.5. The third-order valence-corrected chi connectivity index (χ3v) is 6.14. The lowest BCUT2D eigenvalue weighted by Gasteiger charge is -2.38. The van der Waals surface area contributed by atoms with Gasteiger partial charge in [-0.25, -0.2) is 0 Å². The van der Waals surface area contributed by atoms with Crippen molar-refractivity contribution in [1.29, 1.82) is 5.26 Å². The summed E-state index contributed by atoms with van der Waals surface area (Å²) in [6.07, 6.45) is 1.28. The van der Waals surface area contributed by atoms with Gasteiger partial charge >= 0.3 is 0 Å². The standard InChI is InChI=1S/C26H25ClN2O2/c1-16-21(14-28)24(25-22(29-16)12-26(2,3)13-23(25)30)18-6-10-20(11-7-18)31-15-17-4-8-19(27)9-5-17/h4-11,24,29H,12-13,15H2,1-3H3. The summed E-state index contributed by atoms with van der Waals surface area (Å²) in [5.74, 6) is 0.513. The molecule has 1 heterocycles. The first-order chi connectivity index (χ1) is 14.8. The number of allylic oxidation sites excluding steroid dienone is 4. The zero-order chi connectivity index (χ0) is 22.2. The van der Waals surface area contributed by atoms with E-state index in [9.17, 15) is 10.1 Å². The van der Waals surface area contributed by atoms with Crippen LogP contribution in [-0.2, 0) is 11.4 Å². The minimum absolute atomic E-state index is 0.0861. The summed E-state index contributed by atoms with van der Waals surface area (Å²) in [6, 6.07) is 17.6. The number of nitriles is 1. The highest BCUT2D eigenvalue weighted by molar-refractivity contribution is 6.30. The molecule has 0 saturated heterocycles. The molecule has 0 radical (unpaired) electrons. The normalized spacial score (nSPS) is 20.1. The second-order valence-corrected chi connectivity index (χ2v) is 9.46. The average Bonchev–Trinajstić information content (AvgIpc) is 2.72. The van der Waals surface area contributed by atoms with Crippen LogP contribution < -0.4 is 10.1 Å². The number of dihydropyridines is 1. The third kappa shape index (κ3) is 4.38. The summed E-state index contributed by atoms with van der Waals surface area (Å²) in [7, 11) is 0. The van der Waals surface area contributed by atoms with Gasteiger partial charge in [-0.3, -0.25) is 4.79 Å². The topological polar surface area (TPSA) is 62.1 Å². The Bertz CT molecular complexity index is 1120. The van der Waals surface area contributed by atoms with Crippen LogP contribution in [0.3, 0.4) is 0 Å². The number of nitrogens with one attached hydrogen (secondary N) is 1. The van der Waals surface area contributed by atoms with Gasteiger partial charge in [0, 0.05) is 28.4 Å². The Balaban J connectivity index is 1.61. The minimum atomic E-state index is -0.338. The van der Waals surface area contributed by atoms with Crippen LogP contribution in [0.4, 0.5) is 0 Å². The lowest BCUT2D eigenvalue weighted by Crippen LogP contribution is -2.36. The Morgan fingerprint density at radius 2 is 1.81 bits per heavy atom. The van der Waals surface area contributed by atoms with Crippen LogP contribution in [0.5, 0.6) is 5.75 Å². The van der Waals surface area contributed by atoms with E-state index in [1.807, 2.05) is 55.5 Å². The molecule has 4 nitrogen and oxygen atoms in total. The van der Waals surface area contributed by atoms with E-state index in [1.165, 1.54) is 0 Å². The molecule has 0 saturated carbocycles. The molecule has 2 aliphatic rings. The first kappa shape index (κ1) is 21.2. The van der Waals surface area contributed by atoms with Gasteiger partial charge in [-0.05, 0) is 54.2 Å². The van der Waals surface area contributed by atoms with Crippen molar-refractivity contribution < 1.29 is 9.53 Å². The second-order valence-electron chi connectivity index (χ2n) is 9.03. The molecule has 1 atom stereocenters. The van der Waals surface area contributed by atoms with E-state index in [2.05, 4.69) is 25.2 Å². The predicted octanol–water partition coefficient (Wildman–Crippen LogP) is 6.05. The van der Waals surface area contributed by atoms with Crippen molar-refractivity contribution in [3.8, 4) is 11.8 Å². The largest absolute Gasteiger partial charge is 0.489 e. The molecule has 0 spiro atoms. The van der Waals surface area contributed by atoms with Crippen LogP contribution in [0, 0.1) is 16.7 Å². The molecule has 0 amide bonds. The maximum absolute atomic E-state index is 13.1. The molecule has 158 valence electrons. The molecule has 1 unspecified atom stereocenters. The maximum atomic E-state index is 13.1. The number of nitrogens with zero attached hydrogens (tertiary/aromatic N) is 1. The summed E-state index contributed by atoms with van der Waals surface area (Å²) < 4.78 is 5.89. The Morgan fingerprint density at radius 3 is 2.45 bits per heavy atom. The summed E-state index contributed by atoms with van der Waals surface area (Å²) in [5, 5.41) is 13.9.